The third-order valence-corrected chi connectivity index (χ3v) is 4.52. The Labute approximate surface area is 158 Å². The Kier molecular flexibility index (Phi) is 5.65. The van der Waals surface area contributed by atoms with E-state index < -0.39 is 0 Å². The maximum absolute atomic E-state index is 12.3. The predicted molar refractivity (Wildman–Crippen MR) is 100.0 cm³/mol. The van der Waals surface area contributed by atoms with Gasteiger partial charge in [-0.3, -0.25) is 9.59 Å². The molecule has 3 aromatic rings. The molecule has 2 aromatic carbocycles. The molecule has 7 nitrogen and oxygen atoms in total. The minimum Gasteiger partial charge on any atom is -0.326 e. The van der Waals surface area contributed by atoms with Crippen LogP contribution in [0, 0.1) is 0 Å². The first-order valence-corrected chi connectivity index (χ1v) is 8.97. The largest absolute Gasteiger partial charge is 0.326 e. The zero-order chi connectivity index (χ0) is 18.5. The fourth-order valence-corrected chi connectivity index (χ4v) is 3.11. The fourth-order valence-electron chi connectivity index (χ4n) is 2.20. The van der Waals surface area contributed by atoms with Crippen LogP contribution in [0.25, 0.3) is 5.69 Å². The van der Waals surface area contributed by atoms with Gasteiger partial charge in [0.1, 0.15) is 0 Å². The van der Waals surface area contributed by atoms with Gasteiger partial charge in [0.2, 0.25) is 11.1 Å². The van der Waals surface area contributed by atoms with Gasteiger partial charge < -0.3 is 5.32 Å². The lowest BCUT2D eigenvalue weighted by atomic mass is 10.1. The van der Waals surface area contributed by atoms with Crippen LogP contribution in [0.5, 0.6) is 0 Å². The second-order valence-corrected chi connectivity index (χ2v) is 6.70. The molecule has 3 rings (SSSR count). The Hall–Kier alpha value is -2.71. The van der Waals surface area contributed by atoms with E-state index in [-0.39, 0.29) is 17.4 Å². The van der Waals surface area contributed by atoms with Gasteiger partial charge in [-0.15, -0.1) is 5.10 Å². The Morgan fingerprint density at radius 1 is 1.19 bits per heavy atom. The normalized spacial score (nSPS) is 10.5. The molecular weight excluding hydrogens is 374 g/mol. The highest BCUT2D eigenvalue weighted by Crippen LogP contribution is 2.21. The number of rotatable bonds is 6. The van der Waals surface area contributed by atoms with Gasteiger partial charge in [0.25, 0.3) is 0 Å². The molecule has 0 spiro atoms. The maximum atomic E-state index is 12.3. The van der Waals surface area contributed by atoms with Crippen molar-refractivity contribution in [3.63, 3.8) is 0 Å². The van der Waals surface area contributed by atoms with Crippen LogP contribution in [0.3, 0.4) is 0 Å². The van der Waals surface area contributed by atoms with Crippen molar-refractivity contribution >= 4 is 40.7 Å². The Morgan fingerprint density at radius 2 is 1.96 bits per heavy atom. The van der Waals surface area contributed by atoms with E-state index in [1.165, 1.54) is 23.4 Å². The second kappa shape index (κ2) is 8.11. The number of nitrogens with one attached hydrogen (secondary N) is 1. The molecule has 0 aliphatic heterocycles. The quantitative estimate of drug-likeness (QED) is 0.515. The number of benzene rings is 2. The molecule has 0 aliphatic rings. The van der Waals surface area contributed by atoms with Crippen LogP contribution >= 0.6 is 23.4 Å². The number of thioether (sulfide) groups is 1. The lowest BCUT2D eigenvalue weighted by Crippen LogP contribution is -2.07. The van der Waals surface area contributed by atoms with E-state index in [0.717, 1.165) is 0 Å². The molecule has 9 heteroatoms. The monoisotopic (exact) mass is 387 g/mol. The van der Waals surface area contributed by atoms with Crippen LogP contribution in [-0.2, 0) is 4.79 Å². The van der Waals surface area contributed by atoms with Crippen molar-refractivity contribution < 1.29 is 9.59 Å². The van der Waals surface area contributed by atoms with Crippen molar-refractivity contribution in [1.82, 2.24) is 20.2 Å². The first-order valence-electron chi connectivity index (χ1n) is 7.61. The third-order valence-electron chi connectivity index (χ3n) is 3.35. The minimum atomic E-state index is -0.165. The standard InChI is InChI=1S/C17H14ClN5O2S/c1-11(24)19-14-3-2-4-15(9-14)23-17(20-21-22-23)26-10-16(25)12-5-7-13(18)8-6-12/h2-9H,10H2,1H3,(H,19,24). The number of ketones is 1. The van der Waals surface area contributed by atoms with E-state index in [2.05, 4.69) is 20.8 Å². The topological polar surface area (TPSA) is 89.8 Å². The molecule has 0 radical (unpaired) electrons. The van der Waals surface area contributed by atoms with Crippen molar-refractivity contribution in [3.05, 3.63) is 59.1 Å². The number of halogens is 1. The molecule has 0 bridgehead atoms. The van der Waals surface area contributed by atoms with Crippen LogP contribution in [0.2, 0.25) is 5.02 Å². The number of Topliss-reactive ketones (excluding diaryl/α,β-unsaturated/α-hetero) is 1. The van der Waals surface area contributed by atoms with E-state index in [4.69, 9.17) is 11.6 Å². The third kappa shape index (κ3) is 4.47. The van der Waals surface area contributed by atoms with Crippen molar-refractivity contribution in [3.8, 4) is 5.69 Å². The molecule has 0 aliphatic carbocycles. The van der Waals surface area contributed by atoms with Crippen molar-refractivity contribution in [2.24, 2.45) is 0 Å². The van der Waals surface area contributed by atoms with Gasteiger partial charge in [-0.25, -0.2) is 0 Å². The number of anilines is 1. The van der Waals surface area contributed by atoms with Gasteiger partial charge >= 0.3 is 0 Å². The molecule has 0 atom stereocenters. The minimum absolute atomic E-state index is 0.0480. The molecular formula is C17H14ClN5O2S. The molecule has 1 aromatic heterocycles. The van der Waals surface area contributed by atoms with Crippen LogP contribution in [0.4, 0.5) is 5.69 Å². The van der Waals surface area contributed by atoms with Crippen LogP contribution in [-0.4, -0.2) is 37.7 Å². The van der Waals surface area contributed by atoms with Gasteiger partial charge in [-0.1, -0.05) is 29.4 Å². The zero-order valence-electron chi connectivity index (χ0n) is 13.7. The highest BCUT2D eigenvalue weighted by Gasteiger charge is 2.13. The van der Waals surface area contributed by atoms with E-state index in [1.807, 2.05) is 6.07 Å². The lowest BCUT2D eigenvalue weighted by molar-refractivity contribution is -0.114. The van der Waals surface area contributed by atoms with Crippen molar-refractivity contribution in [2.75, 3.05) is 11.1 Å². The van der Waals surface area contributed by atoms with Crippen LogP contribution < -0.4 is 5.32 Å². The smallest absolute Gasteiger partial charge is 0.221 e. The number of aromatic nitrogens is 4. The van der Waals surface area contributed by atoms with E-state index >= 15 is 0 Å². The van der Waals surface area contributed by atoms with Crippen LogP contribution in [0.15, 0.2) is 53.7 Å². The van der Waals surface area contributed by atoms with Gasteiger partial charge in [-0.05, 0) is 52.9 Å². The molecule has 0 saturated heterocycles. The zero-order valence-corrected chi connectivity index (χ0v) is 15.3. The average molecular weight is 388 g/mol. The van der Waals surface area contributed by atoms with Gasteiger partial charge in [0.15, 0.2) is 5.78 Å². The summed E-state index contributed by atoms with van der Waals surface area (Å²) in [7, 11) is 0. The van der Waals surface area contributed by atoms with Crippen molar-refractivity contribution in [1.29, 1.82) is 0 Å². The lowest BCUT2D eigenvalue weighted by Gasteiger charge is -2.07. The summed E-state index contributed by atoms with van der Waals surface area (Å²) in [4.78, 5) is 23.5. The highest BCUT2D eigenvalue weighted by atomic mass is 35.5. The second-order valence-electron chi connectivity index (χ2n) is 5.32. The highest BCUT2D eigenvalue weighted by molar-refractivity contribution is 7.99. The predicted octanol–water partition coefficient (Wildman–Crippen LogP) is 3.25. The number of tetrazole rings is 1. The summed E-state index contributed by atoms with van der Waals surface area (Å²) in [6, 6.07) is 13.8. The van der Waals surface area contributed by atoms with E-state index in [9.17, 15) is 9.59 Å². The molecule has 0 unspecified atom stereocenters. The Bertz CT molecular complexity index is 942. The molecule has 1 N–H and O–H groups in total. The number of carbonyl (C=O) groups excluding carboxylic acids is 2. The van der Waals surface area contributed by atoms with Gasteiger partial charge in [-0.2, -0.15) is 4.68 Å². The van der Waals surface area contributed by atoms with E-state index in [1.54, 1.807) is 42.5 Å². The fraction of sp³-hybridized carbons (Fsp3) is 0.118. The Balaban J connectivity index is 1.73. The number of hydrogen-bond acceptors (Lipinski definition) is 6. The summed E-state index contributed by atoms with van der Waals surface area (Å²) in [5.74, 6) is -0.0249. The maximum Gasteiger partial charge on any atom is 0.221 e. The van der Waals surface area contributed by atoms with Crippen LogP contribution in [0.1, 0.15) is 17.3 Å². The molecule has 1 heterocycles. The summed E-state index contributed by atoms with van der Waals surface area (Å²) in [6.45, 7) is 1.44. The van der Waals surface area contributed by atoms with E-state index in [0.29, 0.717) is 27.1 Å². The average Bonchev–Trinajstić information content (AvgIpc) is 3.08. The summed E-state index contributed by atoms with van der Waals surface area (Å²) in [6.07, 6.45) is 0. The van der Waals surface area contributed by atoms with Gasteiger partial charge in [0.05, 0.1) is 11.4 Å². The first-order chi connectivity index (χ1) is 12.5. The summed E-state index contributed by atoms with van der Waals surface area (Å²) in [5.41, 5.74) is 1.90. The molecule has 1 amide bonds. The SMILES string of the molecule is CC(=O)Nc1cccc(-n2nnnc2SCC(=O)c2ccc(Cl)cc2)c1. The summed E-state index contributed by atoms with van der Waals surface area (Å²) >= 11 is 7.07. The molecule has 0 fully saturated rings. The number of carbonyl (C=O) groups is 2. The molecule has 132 valence electrons. The molecule has 26 heavy (non-hydrogen) atoms. The summed E-state index contributed by atoms with van der Waals surface area (Å²) in [5, 5.41) is 15.4. The number of hydrogen-bond donors (Lipinski definition) is 1. The summed E-state index contributed by atoms with van der Waals surface area (Å²) < 4.78 is 1.52. The van der Waals surface area contributed by atoms with Gasteiger partial charge in [0, 0.05) is 23.2 Å². The number of nitrogens with zero attached hydrogens (tertiary/aromatic N) is 4. The Morgan fingerprint density at radius 3 is 2.69 bits per heavy atom. The molecule has 0 saturated carbocycles. The number of amides is 1. The first kappa shape index (κ1) is 18.1. The van der Waals surface area contributed by atoms with Crippen molar-refractivity contribution in [2.45, 2.75) is 12.1 Å².